The first-order chi connectivity index (χ1) is 12.9. The summed E-state index contributed by atoms with van der Waals surface area (Å²) in [5.74, 6) is -1.26. The summed E-state index contributed by atoms with van der Waals surface area (Å²) in [4.78, 5) is 39.5. The van der Waals surface area contributed by atoms with Crippen LogP contribution in [0, 0.1) is 6.92 Å². The van der Waals surface area contributed by atoms with Gasteiger partial charge in [-0.25, -0.2) is 9.59 Å². The summed E-state index contributed by atoms with van der Waals surface area (Å²) < 4.78 is 10.2. The van der Waals surface area contributed by atoms with E-state index >= 15 is 0 Å². The topological polar surface area (TPSA) is 84.9 Å². The molecule has 0 bridgehead atoms. The molecule has 1 aliphatic rings. The molecule has 1 aliphatic heterocycles. The number of carbonyl (C=O) groups is 3. The Morgan fingerprint density at radius 3 is 2.44 bits per heavy atom. The lowest BCUT2D eigenvalue weighted by Gasteiger charge is -2.32. The SMILES string of the molecule is CCOC(=O)c1sc(NC(=O)CN2CCCC[C@H]2C)c(C(=O)OCC)c1C. The summed E-state index contributed by atoms with van der Waals surface area (Å²) in [7, 11) is 0. The molecule has 1 fully saturated rings. The molecule has 1 aromatic rings. The van der Waals surface area contributed by atoms with E-state index in [-0.39, 0.29) is 31.2 Å². The molecular weight excluding hydrogens is 368 g/mol. The third-order valence-corrected chi connectivity index (χ3v) is 5.81. The highest BCUT2D eigenvalue weighted by Gasteiger charge is 2.28. The maximum Gasteiger partial charge on any atom is 0.348 e. The van der Waals surface area contributed by atoms with Crippen molar-refractivity contribution in [2.45, 2.75) is 53.0 Å². The van der Waals surface area contributed by atoms with E-state index in [1.165, 1.54) is 6.42 Å². The molecule has 0 unspecified atom stereocenters. The van der Waals surface area contributed by atoms with Crippen molar-refractivity contribution >= 4 is 34.2 Å². The number of ether oxygens (including phenoxy) is 2. The van der Waals surface area contributed by atoms with Gasteiger partial charge in [-0.05, 0) is 52.6 Å². The quantitative estimate of drug-likeness (QED) is 0.713. The number of rotatable bonds is 7. The number of thiophene rings is 1. The molecule has 1 atom stereocenters. The summed E-state index contributed by atoms with van der Waals surface area (Å²) in [6, 6.07) is 0.356. The highest BCUT2D eigenvalue weighted by atomic mass is 32.1. The van der Waals surface area contributed by atoms with Crippen LogP contribution in [0.4, 0.5) is 5.00 Å². The number of amides is 1. The zero-order valence-electron chi connectivity index (χ0n) is 16.4. The average molecular weight is 397 g/mol. The van der Waals surface area contributed by atoms with Gasteiger partial charge in [0.05, 0.1) is 25.3 Å². The molecule has 0 aliphatic carbocycles. The normalized spacial score (nSPS) is 17.4. The van der Waals surface area contributed by atoms with Gasteiger partial charge >= 0.3 is 11.9 Å². The number of esters is 2. The van der Waals surface area contributed by atoms with Crippen molar-refractivity contribution in [3.05, 3.63) is 16.0 Å². The zero-order valence-corrected chi connectivity index (χ0v) is 17.2. The van der Waals surface area contributed by atoms with E-state index in [9.17, 15) is 14.4 Å². The molecule has 1 saturated heterocycles. The van der Waals surface area contributed by atoms with Gasteiger partial charge in [-0.3, -0.25) is 9.69 Å². The lowest BCUT2D eigenvalue weighted by molar-refractivity contribution is -0.118. The van der Waals surface area contributed by atoms with Crippen molar-refractivity contribution in [3.8, 4) is 0 Å². The van der Waals surface area contributed by atoms with Crippen molar-refractivity contribution < 1.29 is 23.9 Å². The van der Waals surface area contributed by atoms with Crippen molar-refractivity contribution in [3.63, 3.8) is 0 Å². The van der Waals surface area contributed by atoms with Crippen LogP contribution in [0.2, 0.25) is 0 Å². The number of piperidine rings is 1. The molecule has 1 aromatic heterocycles. The summed E-state index contributed by atoms with van der Waals surface area (Å²) in [6.45, 7) is 8.80. The molecule has 0 spiro atoms. The van der Waals surface area contributed by atoms with Crippen LogP contribution in [0.5, 0.6) is 0 Å². The van der Waals surface area contributed by atoms with E-state index < -0.39 is 11.9 Å². The molecule has 7 nitrogen and oxygen atoms in total. The smallest absolute Gasteiger partial charge is 0.348 e. The van der Waals surface area contributed by atoms with Crippen molar-refractivity contribution in [1.29, 1.82) is 0 Å². The van der Waals surface area contributed by atoms with Crippen LogP contribution in [0.3, 0.4) is 0 Å². The molecule has 150 valence electrons. The number of hydrogen-bond acceptors (Lipinski definition) is 7. The summed E-state index contributed by atoms with van der Waals surface area (Å²) >= 11 is 1.05. The van der Waals surface area contributed by atoms with Gasteiger partial charge in [-0.15, -0.1) is 11.3 Å². The van der Waals surface area contributed by atoms with E-state index in [4.69, 9.17) is 9.47 Å². The van der Waals surface area contributed by atoms with E-state index in [1.807, 2.05) is 0 Å². The third kappa shape index (κ3) is 5.29. The fourth-order valence-corrected chi connectivity index (χ4v) is 4.29. The second-order valence-corrected chi connectivity index (χ2v) is 7.59. The number of carbonyl (C=O) groups excluding carboxylic acids is 3. The zero-order chi connectivity index (χ0) is 20.0. The van der Waals surface area contributed by atoms with Gasteiger partial charge in [-0.2, -0.15) is 0 Å². The summed E-state index contributed by atoms with van der Waals surface area (Å²) in [5.41, 5.74) is 0.698. The van der Waals surface area contributed by atoms with Gasteiger partial charge in [0, 0.05) is 6.04 Å². The molecule has 1 N–H and O–H groups in total. The van der Waals surface area contributed by atoms with E-state index in [2.05, 4.69) is 17.1 Å². The predicted molar refractivity (Wildman–Crippen MR) is 104 cm³/mol. The Balaban J connectivity index is 2.22. The molecule has 2 heterocycles. The van der Waals surface area contributed by atoms with Gasteiger partial charge in [0.25, 0.3) is 0 Å². The maximum absolute atomic E-state index is 12.6. The first-order valence-corrected chi connectivity index (χ1v) is 10.2. The van der Waals surface area contributed by atoms with Gasteiger partial charge in [0.1, 0.15) is 9.88 Å². The van der Waals surface area contributed by atoms with Crippen LogP contribution < -0.4 is 5.32 Å². The first kappa shape index (κ1) is 21.4. The van der Waals surface area contributed by atoms with E-state index in [0.29, 0.717) is 21.5 Å². The Kier molecular flexibility index (Phi) is 7.79. The largest absolute Gasteiger partial charge is 0.462 e. The minimum atomic E-state index is -0.552. The van der Waals surface area contributed by atoms with Gasteiger partial charge in [0.2, 0.25) is 5.91 Å². The predicted octanol–water partition coefficient (Wildman–Crippen LogP) is 3.22. The van der Waals surface area contributed by atoms with Crippen LogP contribution in [0.25, 0.3) is 0 Å². The van der Waals surface area contributed by atoms with Gasteiger partial charge in [0.15, 0.2) is 0 Å². The standard InChI is InChI=1S/C19H28N2O5S/c1-5-25-18(23)15-13(4)16(19(24)26-6-2)27-17(15)20-14(22)11-21-10-8-7-9-12(21)3/h12H,5-11H2,1-4H3,(H,20,22)/t12-/m1/s1. The van der Waals surface area contributed by atoms with Gasteiger partial charge in [-0.1, -0.05) is 6.42 Å². The number of nitrogens with one attached hydrogen (secondary N) is 1. The molecule has 8 heteroatoms. The van der Waals surface area contributed by atoms with E-state index in [0.717, 1.165) is 30.7 Å². The molecule has 0 radical (unpaired) electrons. The lowest BCUT2D eigenvalue weighted by atomic mass is 10.0. The molecule has 0 saturated carbocycles. The minimum Gasteiger partial charge on any atom is -0.462 e. The monoisotopic (exact) mass is 396 g/mol. The van der Waals surface area contributed by atoms with Crippen molar-refractivity contribution in [2.75, 3.05) is 31.6 Å². The lowest BCUT2D eigenvalue weighted by Crippen LogP contribution is -2.42. The Labute approximate surface area is 164 Å². The summed E-state index contributed by atoms with van der Waals surface area (Å²) in [6.07, 6.45) is 3.34. The molecule has 2 rings (SSSR count). The van der Waals surface area contributed by atoms with Gasteiger partial charge < -0.3 is 14.8 Å². The third-order valence-electron chi connectivity index (χ3n) is 4.63. The average Bonchev–Trinajstić information content (AvgIpc) is 2.93. The second-order valence-electron chi connectivity index (χ2n) is 6.56. The highest BCUT2D eigenvalue weighted by molar-refractivity contribution is 7.18. The second kappa shape index (κ2) is 9.85. The molecular formula is C19H28N2O5S. The summed E-state index contributed by atoms with van der Waals surface area (Å²) in [5, 5.41) is 3.14. The number of anilines is 1. The van der Waals surface area contributed by atoms with Crippen LogP contribution >= 0.6 is 11.3 Å². The number of likely N-dealkylation sites (tertiary alicyclic amines) is 1. The Morgan fingerprint density at radius 2 is 1.81 bits per heavy atom. The van der Waals surface area contributed by atoms with Crippen LogP contribution in [0.15, 0.2) is 0 Å². The first-order valence-electron chi connectivity index (χ1n) is 9.40. The number of nitrogens with zero attached hydrogens (tertiary/aromatic N) is 1. The fourth-order valence-electron chi connectivity index (χ4n) is 3.19. The fraction of sp³-hybridized carbons (Fsp3) is 0.632. The van der Waals surface area contributed by atoms with E-state index in [1.54, 1.807) is 20.8 Å². The molecule has 1 amide bonds. The minimum absolute atomic E-state index is 0.203. The Hall–Kier alpha value is -1.93. The Morgan fingerprint density at radius 1 is 1.15 bits per heavy atom. The van der Waals surface area contributed by atoms with Crippen LogP contribution in [-0.4, -0.2) is 55.1 Å². The Bertz CT molecular complexity index is 701. The van der Waals surface area contributed by atoms with Crippen molar-refractivity contribution in [2.24, 2.45) is 0 Å². The number of hydrogen-bond donors (Lipinski definition) is 1. The highest BCUT2D eigenvalue weighted by Crippen LogP contribution is 2.34. The molecule has 27 heavy (non-hydrogen) atoms. The van der Waals surface area contributed by atoms with Crippen LogP contribution in [0.1, 0.15) is 65.6 Å². The van der Waals surface area contributed by atoms with Crippen LogP contribution in [-0.2, 0) is 14.3 Å². The molecule has 0 aromatic carbocycles. The maximum atomic E-state index is 12.6. The van der Waals surface area contributed by atoms with Crippen molar-refractivity contribution in [1.82, 2.24) is 4.90 Å².